The average Bonchev–Trinajstić information content (AvgIpc) is 3.39. The fourth-order valence-electron chi connectivity index (χ4n) is 3.29. The van der Waals surface area contributed by atoms with E-state index in [9.17, 15) is 4.79 Å². The molecular formula is C19H28Cl2N4O. The molecule has 0 bridgehead atoms. The van der Waals surface area contributed by atoms with Crippen LogP contribution in [0.3, 0.4) is 0 Å². The van der Waals surface area contributed by atoms with Crippen molar-refractivity contribution in [3.8, 4) is 0 Å². The van der Waals surface area contributed by atoms with Gasteiger partial charge < -0.3 is 15.6 Å². The summed E-state index contributed by atoms with van der Waals surface area (Å²) >= 11 is 0. The molecule has 26 heavy (non-hydrogen) atoms. The van der Waals surface area contributed by atoms with Crippen molar-refractivity contribution in [1.82, 2.24) is 14.9 Å². The Balaban J connectivity index is 0.00000169. The molecule has 0 spiro atoms. The number of nitrogens with two attached hydrogens (primary N) is 1. The van der Waals surface area contributed by atoms with E-state index < -0.39 is 0 Å². The number of carbonyl (C=O) groups is 1. The zero-order valence-corrected chi connectivity index (χ0v) is 17.1. The van der Waals surface area contributed by atoms with Crippen LogP contribution in [0.4, 0.5) is 0 Å². The number of amides is 1. The molecule has 1 aliphatic rings. The molecule has 144 valence electrons. The first-order valence-electron chi connectivity index (χ1n) is 8.54. The summed E-state index contributed by atoms with van der Waals surface area (Å²) in [5, 5.41) is 3.17. The lowest BCUT2D eigenvalue weighted by molar-refractivity contribution is 0.0897. The second kappa shape index (κ2) is 8.89. The number of nitrogens with zero attached hydrogens (tertiary/aromatic N) is 2. The standard InChI is InChI=1S/C19H26N4O.2ClH/c1-13-10-17(18(24)22-19(3,12-20)15-7-8-15)14(2)23(13)11-16-6-4-5-9-21-16;;/h4-6,9-10,15H,7-8,11-12,20H2,1-3H3,(H,22,24);2*1H. The van der Waals surface area contributed by atoms with Crippen molar-refractivity contribution in [1.29, 1.82) is 0 Å². The molecule has 1 fully saturated rings. The van der Waals surface area contributed by atoms with E-state index in [-0.39, 0.29) is 36.3 Å². The Morgan fingerprint density at radius 2 is 2.04 bits per heavy atom. The van der Waals surface area contributed by atoms with E-state index in [0.717, 1.165) is 35.5 Å². The van der Waals surface area contributed by atoms with E-state index in [4.69, 9.17) is 5.73 Å². The molecule has 2 heterocycles. The smallest absolute Gasteiger partial charge is 0.253 e. The summed E-state index contributed by atoms with van der Waals surface area (Å²) in [6.07, 6.45) is 4.08. The van der Waals surface area contributed by atoms with E-state index in [1.165, 1.54) is 0 Å². The van der Waals surface area contributed by atoms with E-state index in [1.807, 2.05) is 38.1 Å². The highest BCUT2D eigenvalue weighted by Crippen LogP contribution is 2.39. The van der Waals surface area contributed by atoms with Crippen molar-refractivity contribution in [3.63, 3.8) is 0 Å². The van der Waals surface area contributed by atoms with E-state index in [2.05, 4.69) is 21.8 Å². The number of nitrogens with one attached hydrogen (secondary N) is 1. The van der Waals surface area contributed by atoms with Gasteiger partial charge in [0.15, 0.2) is 0 Å². The van der Waals surface area contributed by atoms with Crippen LogP contribution < -0.4 is 11.1 Å². The van der Waals surface area contributed by atoms with Gasteiger partial charge in [-0.2, -0.15) is 0 Å². The van der Waals surface area contributed by atoms with Crippen molar-refractivity contribution >= 4 is 30.7 Å². The first-order valence-corrected chi connectivity index (χ1v) is 8.54. The first kappa shape index (κ1) is 22.5. The van der Waals surface area contributed by atoms with Gasteiger partial charge >= 0.3 is 0 Å². The molecule has 1 unspecified atom stereocenters. The molecule has 2 aromatic heterocycles. The molecule has 1 aliphatic carbocycles. The highest BCUT2D eigenvalue weighted by atomic mass is 35.5. The summed E-state index contributed by atoms with van der Waals surface area (Å²) < 4.78 is 2.13. The van der Waals surface area contributed by atoms with Crippen LogP contribution in [0.25, 0.3) is 0 Å². The van der Waals surface area contributed by atoms with Gasteiger partial charge in [0.2, 0.25) is 0 Å². The molecule has 7 heteroatoms. The highest BCUT2D eigenvalue weighted by Gasteiger charge is 2.41. The molecule has 0 aromatic carbocycles. The van der Waals surface area contributed by atoms with Gasteiger partial charge in [-0.15, -0.1) is 24.8 Å². The SMILES string of the molecule is Cc1cc(C(=O)NC(C)(CN)C2CC2)c(C)n1Cc1ccccn1.Cl.Cl. The van der Waals surface area contributed by atoms with E-state index in [1.54, 1.807) is 6.20 Å². The normalized spacial score (nSPS) is 15.4. The molecule has 2 aromatic rings. The minimum Gasteiger partial charge on any atom is -0.345 e. The Hall–Kier alpha value is -1.56. The maximum atomic E-state index is 12.8. The summed E-state index contributed by atoms with van der Waals surface area (Å²) in [6, 6.07) is 7.84. The van der Waals surface area contributed by atoms with Crippen molar-refractivity contribution in [2.45, 2.75) is 45.7 Å². The average molecular weight is 399 g/mol. The van der Waals surface area contributed by atoms with Crippen LogP contribution in [-0.2, 0) is 6.54 Å². The third kappa shape index (κ3) is 4.58. The molecule has 3 N–H and O–H groups in total. The molecule has 3 rings (SSSR count). The monoisotopic (exact) mass is 398 g/mol. The molecule has 0 aliphatic heterocycles. The topological polar surface area (TPSA) is 72.9 Å². The third-order valence-corrected chi connectivity index (χ3v) is 5.17. The largest absolute Gasteiger partial charge is 0.345 e. The van der Waals surface area contributed by atoms with E-state index in [0.29, 0.717) is 19.0 Å². The van der Waals surface area contributed by atoms with Gasteiger partial charge in [-0.3, -0.25) is 9.78 Å². The zero-order valence-electron chi connectivity index (χ0n) is 15.5. The fraction of sp³-hybridized carbons (Fsp3) is 0.474. The van der Waals surface area contributed by atoms with E-state index >= 15 is 0 Å². The van der Waals surface area contributed by atoms with Crippen LogP contribution in [0, 0.1) is 19.8 Å². The summed E-state index contributed by atoms with van der Waals surface area (Å²) in [7, 11) is 0. The third-order valence-electron chi connectivity index (χ3n) is 5.17. The quantitative estimate of drug-likeness (QED) is 0.783. The van der Waals surface area contributed by atoms with Gasteiger partial charge in [0.1, 0.15) is 0 Å². The van der Waals surface area contributed by atoms with Gasteiger partial charge in [0.05, 0.1) is 23.3 Å². The van der Waals surface area contributed by atoms with Crippen molar-refractivity contribution in [2.24, 2.45) is 11.7 Å². The van der Waals surface area contributed by atoms with Crippen LogP contribution in [0.2, 0.25) is 0 Å². The Morgan fingerprint density at radius 3 is 2.58 bits per heavy atom. The second-order valence-corrected chi connectivity index (χ2v) is 7.04. The molecule has 5 nitrogen and oxygen atoms in total. The zero-order chi connectivity index (χ0) is 17.3. The van der Waals surface area contributed by atoms with Crippen molar-refractivity contribution < 1.29 is 4.79 Å². The predicted octanol–water partition coefficient (Wildman–Crippen LogP) is 3.25. The Bertz CT molecular complexity index is 743. The maximum Gasteiger partial charge on any atom is 0.253 e. The fourth-order valence-corrected chi connectivity index (χ4v) is 3.29. The summed E-state index contributed by atoms with van der Waals surface area (Å²) in [6.45, 7) is 7.20. The minimum absolute atomic E-state index is 0. The Labute approximate surface area is 167 Å². The van der Waals surface area contributed by atoms with Crippen LogP contribution in [0.1, 0.15) is 47.2 Å². The van der Waals surface area contributed by atoms with Gasteiger partial charge in [-0.05, 0) is 57.7 Å². The second-order valence-electron chi connectivity index (χ2n) is 7.04. The van der Waals surface area contributed by atoms with Gasteiger partial charge in [-0.1, -0.05) is 6.07 Å². The van der Waals surface area contributed by atoms with Crippen LogP contribution in [0.15, 0.2) is 30.5 Å². The minimum atomic E-state index is -0.305. The van der Waals surface area contributed by atoms with Crippen molar-refractivity contribution in [3.05, 3.63) is 53.1 Å². The molecule has 0 radical (unpaired) electrons. The Morgan fingerprint density at radius 1 is 1.35 bits per heavy atom. The van der Waals surface area contributed by atoms with Gasteiger partial charge in [0, 0.05) is 24.1 Å². The molecule has 1 atom stereocenters. The summed E-state index contributed by atoms with van der Waals surface area (Å²) in [4.78, 5) is 17.2. The molecular weight excluding hydrogens is 371 g/mol. The van der Waals surface area contributed by atoms with Crippen molar-refractivity contribution in [2.75, 3.05) is 6.54 Å². The summed E-state index contributed by atoms with van der Waals surface area (Å²) in [5.41, 5.74) is 9.35. The number of aromatic nitrogens is 2. The maximum absolute atomic E-state index is 12.8. The summed E-state index contributed by atoms with van der Waals surface area (Å²) in [5.74, 6) is 0.471. The Kier molecular flexibility index (Phi) is 7.69. The van der Waals surface area contributed by atoms with Crippen LogP contribution in [-0.4, -0.2) is 27.5 Å². The lowest BCUT2D eigenvalue weighted by atomic mass is 9.95. The number of hydrogen-bond donors (Lipinski definition) is 2. The molecule has 0 saturated heterocycles. The number of carbonyl (C=O) groups excluding carboxylic acids is 1. The van der Waals surface area contributed by atoms with Gasteiger partial charge in [-0.25, -0.2) is 0 Å². The number of halogens is 2. The lowest BCUT2D eigenvalue weighted by Crippen LogP contribution is -2.53. The van der Waals surface area contributed by atoms with Crippen LogP contribution >= 0.6 is 24.8 Å². The van der Waals surface area contributed by atoms with Crippen LogP contribution in [0.5, 0.6) is 0 Å². The number of rotatable bonds is 6. The first-order chi connectivity index (χ1) is 11.4. The molecule has 1 amide bonds. The van der Waals surface area contributed by atoms with Gasteiger partial charge in [0.25, 0.3) is 5.91 Å². The highest BCUT2D eigenvalue weighted by molar-refractivity contribution is 5.96. The number of aryl methyl sites for hydroxylation is 1. The lowest BCUT2D eigenvalue weighted by Gasteiger charge is -2.29. The number of pyridine rings is 1. The molecule has 1 saturated carbocycles. The number of hydrogen-bond acceptors (Lipinski definition) is 3. The predicted molar refractivity (Wildman–Crippen MR) is 109 cm³/mol.